The standard InChI is InChI=1S/C14H20N2O5/c1-10-9-21-14(8-17)7-15(10)6-11-3-12(16(18)19)5-13(4-11)20-2/h3-5,10,14,17H,6-9H2,1-2H3. The SMILES string of the molecule is COc1cc(CN2CC(CO)OCC2C)cc([N+](=O)[O-])c1. The molecule has 1 aromatic rings. The number of methoxy groups -OCH3 is 1. The first-order valence-corrected chi connectivity index (χ1v) is 6.82. The van der Waals surface area contributed by atoms with Crippen LogP contribution in [0, 0.1) is 10.1 Å². The predicted octanol–water partition coefficient (Wildman–Crippen LogP) is 1.18. The summed E-state index contributed by atoms with van der Waals surface area (Å²) in [4.78, 5) is 12.7. The number of nitro groups is 1. The summed E-state index contributed by atoms with van der Waals surface area (Å²) in [5.41, 5.74) is 0.829. The van der Waals surface area contributed by atoms with Crippen molar-refractivity contribution in [1.82, 2.24) is 4.90 Å². The minimum atomic E-state index is -0.425. The van der Waals surface area contributed by atoms with Crippen molar-refractivity contribution in [3.8, 4) is 5.75 Å². The van der Waals surface area contributed by atoms with Gasteiger partial charge in [0.25, 0.3) is 5.69 Å². The maximum Gasteiger partial charge on any atom is 0.273 e. The topological polar surface area (TPSA) is 85.1 Å². The fraction of sp³-hybridized carbons (Fsp3) is 0.571. The molecule has 0 radical (unpaired) electrons. The molecule has 0 aliphatic carbocycles. The second-order valence-electron chi connectivity index (χ2n) is 5.21. The Morgan fingerprint density at radius 3 is 2.90 bits per heavy atom. The summed E-state index contributed by atoms with van der Waals surface area (Å²) < 4.78 is 10.6. The van der Waals surface area contributed by atoms with Gasteiger partial charge in [-0.05, 0) is 18.6 Å². The van der Waals surface area contributed by atoms with Gasteiger partial charge in [0.2, 0.25) is 0 Å². The molecule has 7 nitrogen and oxygen atoms in total. The van der Waals surface area contributed by atoms with E-state index in [9.17, 15) is 15.2 Å². The summed E-state index contributed by atoms with van der Waals surface area (Å²) in [6.07, 6.45) is -0.207. The second-order valence-corrected chi connectivity index (χ2v) is 5.21. The van der Waals surface area contributed by atoms with E-state index in [1.165, 1.54) is 13.2 Å². The average molecular weight is 296 g/mol. The summed E-state index contributed by atoms with van der Waals surface area (Å²) in [6, 6.07) is 4.95. The molecule has 0 aromatic heterocycles. The van der Waals surface area contributed by atoms with Gasteiger partial charge in [0.15, 0.2) is 0 Å². The highest BCUT2D eigenvalue weighted by molar-refractivity contribution is 5.42. The van der Waals surface area contributed by atoms with Gasteiger partial charge >= 0.3 is 0 Å². The maximum absolute atomic E-state index is 11.0. The lowest BCUT2D eigenvalue weighted by molar-refractivity contribution is -0.385. The molecule has 0 bridgehead atoms. The molecule has 2 atom stereocenters. The summed E-state index contributed by atoms with van der Waals surface area (Å²) in [6.45, 7) is 3.70. The van der Waals surface area contributed by atoms with Crippen LogP contribution in [0.25, 0.3) is 0 Å². The van der Waals surface area contributed by atoms with Crippen LogP contribution < -0.4 is 4.74 Å². The van der Waals surface area contributed by atoms with Gasteiger partial charge in [0.05, 0.1) is 37.4 Å². The van der Waals surface area contributed by atoms with Crippen molar-refractivity contribution < 1.29 is 19.5 Å². The van der Waals surface area contributed by atoms with Crippen molar-refractivity contribution in [3.63, 3.8) is 0 Å². The van der Waals surface area contributed by atoms with Crippen molar-refractivity contribution >= 4 is 5.69 Å². The molecule has 2 rings (SSSR count). The Hall–Kier alpha value is -1.70. The number of hydrogen-bond donors (Lipinski definition) is 1. The average Bonchev–Trinajstić information content (AvgIpc) is 2.49. The second kappa shape index (κ2) is 6.84. The van der Waals surface area contributed by atoms with Gasteiger partial charge in [-0.15, -0.1) is 0 Å². The van der Waals surface area contributed by atoms with E-state index in [2.05, 4.69) is 4.90 Å². The van der Waals surface area contributed by atoms with Crippen LogP contribution in [0.15, 0.2) is 18.2 Å². The molecule has 21 heavy (non-hydrogen) atoms. The molecule has 7 heteroatoms. The quantitative estimate of drug-likeness (QED) is 0.649. The van der Waals surface area contributed by atoms with Gasteiger partial charge in [-0.3, -0.25) is 15.0 Å². The number of aliphatic hydroxyl groups is 1. The summed E-state index contributed by atoms with van der Waals surface area (Å²) in [7, 11) is 1.49. The monoisotopic (exact) mass is 296 g/mol. The lowest BCUT2D eigenvalue weighted by Gasteiger charge is -2.37. The van der Waals surface area contributed by atoms with Crippen LogP contribution in [0.3, 0.4) is 0 Å². The number of morpholine rings is 1. The Bertz CT molecular complexity index is 508. The van der Waals surface area contributed by atoms with Gasteiger partial charge in [-0.1, -0.05) is 0 Å². The van der Waals surface area contributed by atoms with E-state index in [0.29, 0.717) is 25.4 Å². The van der Waals surface area contributed by atoms with Crippen LogP contribution in [0.4, 0.5) is 5.69 Å². The molecule has 1 aliphatic rings. The first kappa shape index (κ1) is 15.7. The highest BCUT2D eigenvalue weighted by Gasteiger charge is 2.26. The van der Waals surface area contributed by atoms with Crippen molar-refractivity contribution in [2.24, 2.45) is 0 Å². The number of ether oxygens (including phenoxy) is 2. The third kappa shape index (κ3) is 3.90. The van der Waals surface area contributed by atoms with Gasteiger partial charge in [-0.2, -0.15) is 0 Å². The Kier molecular flexibility index (Phi) is 5.11. The Labute approximate surface area is 123 Å². The number of nitro benzene ring substituents is 1. The summed E-state index contributed by atoms with van der Waals surface area (Å²) in [5, 5.41) is 20.2. The molecule has 116 valence electrons. The van der Waals surface area contributed by atoms with Gasteiger partial charge in [-0.25, -0.2) is 0 Å². The van der Waals surface area contributed by atoms with E-state index in [-0.39, 0.29) is 24.4 Å². The zero-order valence-electron chi connectivity index (χ0n) is 12.2. The number of nitrogens with zero attached hydrogens (tertiary/aromatic N) is 2. The fourth-order valence-electron chi connectivity index (χ4n) is 2.40. The van der Waals surface area contributed by atoms with Crippen LogP contribution in [-0.2, 0) is 11.3 Å². The van der Waals surface area contributed by atoms with Crippen molar-refractivity contribution in [1.29, 1.82) is 0 Å². The molecule has 0 saturated carbocycles. The number of non-ortho nitro benzene ring substituents is 1. The lowest BCUT2D eigenvalue weighted by Crippen LogP contribution is -2.48. The smallest absolute Gasteiger partial charge is 0.273 e. The normalized spacial score (nSPS) is 23.0. The minimum Gasteiger partial charge on any atom is -0.496 e. The summed E-state index contributed by atoms with van der Waals surface area (Å²) >= 11 is 0. The third-order valence-corrected chi connectivity index (χ3v) is 3.62. The highest BCUT2D eigenvalue weighted by Crippen LogP contribution is 2.25. The predicted molar refractivity (Wildman–Crippen MR) is 76.3 cm³/mol. The highest BCUT2D eigenvalue weighted by atomic mass is 16.6. The van der Waals surface area contributed by atoms with E-state index in [0.717, 1.165) is 5.56 Å². The van der Waals surface area contributed by atoms with Crippen LogP contribution in [-0.4, -0.2) is 53.9 Å². The summed E-state index contributed by atoms with van der Waals surface area (Å²) in [5.74, 6) is 0.471. The number of rotatable bonds is 5. The van der Waals surface area contributed by atoms with E-state index >= 15 is 0 Å². The van der Waals surface area contributed by atoms with Crippen molar-refractivity contribution in [2.75, 3.05) is 26.9 Å². The zero-order chi connectivity index (χ0) is 15.4. The fourth-order valence-corrected chi connectivity index (χ4v) is 2.40. The number of aliphatic hydroxyl groups excluding tert-OH is 1. The molecular formula is C14H20N2O5. The largest absolute Gasteiger partial charge is 0.496 e. The van der Waals surface area contributed by atoms with Crippen LogP contribution in [0.1, 0.15) is 12.5 Å². The Balaban J connectivity index is 2.17. The van der Waals surface area contributed by atoms with Crippen LogP contribution >= 0.6 is 0 Å². The van der Waals surface area contributed by atoms with Gasteiger partial charge < -0.3 is 14.6 Å². The first-order chi connectivity index (χ1) is 10.0. The maximum atomic E-state index is 11.0. The van der Waals surface area contributed by atoms with Crippen molar-refractivity contribution in [3.05, 3.63) is 33.9 Å². The van der Waals surface area contributed by atoms with E-state index < -0.39 is 4.92 Å². The molecule has 2 unspecified atom stereocenters. The van der Waals surface area contributed by atoms with Crippen molar-refractivity contribution in [2.45, 2.75) is 25.6 Å². The van der Waals surface area contributed by atoms with Crippen LogP contribution in [0.2, 0.25) is 0 Å². The molecule has 1 N–H and O–H groups in total. The minimum absolute atomic E-state index is 0.0176. The van der Waals surface area contributed by atoms with E-state index in [4.69, 9.17) is 9.47 Å². The molecule has 0 amide bonds. The molecule has 1 fully saturated rings. The number of benzene rings is 1. The molecule has 1 aliphatic heterocycles. The number of hydrogen-bond acceptors (Lipinski definition) is 6. The van der Waals surface area contributed by atoms with Crippen LogP contribution in [0.5, 0.6) is 5.75 Å². The molecule has 1 aromatic carbocycles. The molecule has 1 heterocycles. The van der Waals surface area contributed by atoms with Gasteiger partial charge in [0, 0.05) is 25.2 Å². The van der Waals surface area contributed by atoms with Gasteiger partial charge in [0.1, 0.15) is 5.75 Å². The molecule has 0 spiro atoms. The van der Waals surface area contributed by atoms with E-state index in [1.54, 1.807) is 12.1 Å². The Morgan fingerprint density at radius 2 is 2.29 bits per heavy atom. The lowest BCUT2D eigenvalue weighted by atomic mass is 10.1. The first-order valence-electron chi connectivity index (χ1n) is 6.82. The zero-order valence-corrected chi connectivity index (χ0v) is 12.2. The molecular weight excluding hydrogens is 276 g/mol. The van der Waals surface area contributed by atoms with E-state index in [1.807, 2.05) is 6.92 Å². The third-order valence-electron chi connectivity index (χ3n) is 3.62. The molecule has 1 saturated heterocycles. The Morgan fingerprint density at radius 1 is 1.52 bits per heavy atom.